The van der Waals surface area contributed by atoms with Crippen molar-refractivity contribution in [2.24, 2.45) is 5.92 Å². The number of aromatic nitrogens is 8. The smallest absolute Gasteiger partial charge is 0.317 e. The van der Waals surface area contributed by atoms with Crippen LogP contribution in [0, 0.1) is 5.92 Å². The highest BCUT2D eigenvalue weighted by Gasteiger charge is 2.20. The summed E-state index contributed by atoms with van der Waals surface area (Å²) in [6, 6.07) is 16.1. The minimum atomic E-state index is -0.425. The van der Waals surface area contributed by atoms with Crippen LogP contribution in [0.25, 0.3) is 33.7 Å². The number of rotatable bonds is 7. The number of nitrogens with one attached hydrogen (secondary N) is 2. The third kappa shape index (κ3) is 4.26. The van der Waals surface area contributed by atoms with Crippen molar-refractivity contribution in [3.05, 3.63) is 80.8 Å². The summed E-state index contributed by atoms with van der Waals surface area (Å²) >= 11 is 0. The van der Waals surface area contributed by atoms with Gasteiger partial charge in [-0.05, 0) is 27.8 Å². The molecule has 5 aromatic rings. The first kappa shape index (κ1) is 23.4. The van der Waals surface area contributed by atoms with Crippen molar-refractivity contribution in [3.8, 4) is 22.5 Å². The number of aromatic amines is 2. The van der Waals surface area contributed by atoms with Gasteiger partial charge in [0.05, 0.1) is 0 Å². The van der Waals surface area contributed by atoms with E-state index in [0.29, 0.717) is 30.1 Å². The van der Waals surface area contributed by atoms with Gasteiger partial charge in [0.2, 0.25) is 5.82 Å². The molecule has 0 saturated carbocycles. The molecule has 0 radical (unpaired) electrons. The predicted octanol–water partition coefficient (Wildman–Crippen LogP) is 3.56. The molecule has 3 heterocycles. The number of H-pyrrole nitrogens is 2. The minimum Gasteiger partial charge on any atom is -0.317 e. The van der Waals surface area contributed by atoms with Crippen molar-refractivity contribution in [1.29, 1.82) is 0 Å². The predicted molar refractivity (Wildman–Crippen MR) is 138 cm³/mol. The molecule has 0 aliphatic carbocycles. The third-order valence-corrected chi connectivity index (χ3v) is 6.10. The zero-order valence-electron chi connectivity index (χ0n) is 20.7. The average molecular weight is 485 g/mol. The third-order valence-electron chi connectivity index (χ3n) is 6.10. The first-order chi connectivity index (χ1) is 17.3. The number of fused-ring (bicyclic) bond motifs is 1. The lowest BCUT2D eigenvalue weighted by Crippen LogP contribution is -2.37. The molecule has 184 valence electrons. The maximum Gasteiger partial charge on any atom is 0.330 e. The lowest BCUT2D eigenvalue weighted by molar-refractivity contribution is 0.494. The summed E-state index contributed by atoms with van der Waals surface area (Å²) in [5.41, 5.74) is 3.93. The Morgan fingerprint density at radius 3 is 2.28 bits per heavy atom. The van der Waals surface area contributed by atoms with Crippen molar-refractivity contribution in [3.63, 3.8) is 0 Å². The van der Waals surface area contributed by atoms with Gasteiger partial charge in [0.15, 0.2) is 11.2 Å². The van der Waals surface area contributed by atoms with Crippen molar-refractivity contribution < 1.29 is 0 Å². The molecule has 0 aliphatic heterocycles. The van der Waals surface area contributed by atoms with Gasteiger partial charge in [-0.15, -0.1) is 10.2 Å². The van der Waals surface area contributed by atoms with Gasteiger partial charge in [-0.1, -0.05) is 76.2 Å². The van der Waals surface area contributed by atoms with Gasteiger partial charge in [0.25, 0.3) is 5.56 Å². The molecule has 5 rings (SSSR count). The summed E-state index contributed by atoms with van der Waals surface area (Å²) in [6.45, 7) is 8.82. The van der Waals surface area contributed by atoms with Crippen LogP contribution in [0.5, 0.6) is 0 Å². The van der Waals surface area contributed by atoms with Gasteiger partial charge in [-0.3, -0.25) is 14.3 Å². The molecule has 2 aromatic carbocycles. The summed E-state index contributed by atoms with van der Waals surface area (Å²) in [6.07, 6.45) is 0. The number of hydrogen-bond acceptors (Lipinski definition) is 6. The molecule has 0 spiro atoms. The molecule has 3 aromatic heterocycles. The summed E-state index contributed by atoms with van der Waals surface area (Å²) in [5.74, 6) is 1.52. The van der Waals surface area contributed by atoms with E-state index < -0.39 is 5.69 Å². The summed E-state index contributed by atoms with van der Waals surface area (Å²) < 4.78 is 3.20. The second-order valence-corrected chi connectivity index (χ2v) is 9.63. The van der Waals surface area contributed by atoms with Crippen LogP contribution in [0.3, 0.4) is 0 Å². The highest BCUT2D eigenvalue weighted by atomic mass is 16.2. The lowest BCUT2D eigenvalue weighted by Gasteiger charge is -2.13. The van der Waals surface area contributed by atoms with Crippen LogP contribution in [-0.2, 0) is 13.1 Å². The zero-order valence-corrected chi connectivity index (χ0v) is 20.7. The topological polar surface area (TPSA) is 127 Å². The van der Waals surface area contributed by atoms with Crippen LogP contribution < -0.4 is 11.2 Å². The van der Waals surface area contributed by atoms with Gasteiger partial charge in [-0.2, -0.15) is 5.21 Å². The Balaban J connectivity index is 1.55. The number of benzene rings is 2. The van der Waals surface area contributed by atoms with Gasteiger partial charge >= 0.3 is 5.69 Å². The Labute approximate surface area is 207 Å². The standard InChI is InChI=1S/C26H28N8O2/c1-15(2)13-34-25(35)21-23(28-26(34)36)27-24(16(3)4)33(21)14-17-9-11-18(12-10-17)19-7-5-6-8-20(19)22-29-31-32-30-22/h5-12,15-16H,13-14H2,1-4H3,(H,28,36)(H,29,30,31,32). The van der Waals surface area contributed by atoms with Gasteiger partial charge in [0, 0.05) is 24.6 Å². The number of hydrogen-bond donors (Lipinski definition) is 2. The Morgan fingerprint density at radius 2 is 1.64 bits per heavy atom. The van der Waals surface area contributed by atoms with Gasteiger partial charge in [-0.25, -0.2) is 9.78 Å². The van der Waals surface area contributed by atoms with E-state index >= 15 is 0 Å². The highest BCUT2D eigenvalue weighted by molar-refractivity contribution is 5.80. The second-order valence-electron chi connectivity index (χ2n) is 9.63. The number of imidazole rings is 1. The maximum absolute atomic E-state index is 13.4. The molecular formula is C26H28N8O2. The van der Waals surface area contributed by atoms with E-state index in [-0.39, 0.29) is 17.4 Å². The van der Waals surface area contributed by atoms with Crippen LogP contribution in [0.4, 0.5) is 0 Å². The molecule has 0 saturated heterocycles. The van der Waals surface area contributed by atoms with Gasteiger partial charge < -0.3 is 4.57 Å². The zero-order chi connectivity index (χ0) is 25.4. The van der Waals surface area contributed by atoms with E-state index in [1.807, 2.05) is 80.8 Å². The fourth-order valence-corrected chi connectivity index (χ4v) is 4.47. The quantitative estimate of drug-likeness (QED) is 0.364. The number of nitrogens with zero attached hydrogens (tertiary/aromatic N) is 6. The van der Waals surface area contributed by atoms with Crippen LogP contribution in [0.1, 0.15) is 45.0 Å². The molecule has 0 atom stereocenters. The fourth-order valence-electron chi connectivity index (χ4n) is 4.47. The molecule has 2 N–H and O–H groups in total. The van der Waals surface area contributed by atoms with Crippen molar-refractivity contribution >= 4 is 11.2 Å². The Bertz CT molecular complexity index is 1620. The summed E-state index contributed by atoms with van der Waals surface area (Å²) in [7, 11) is 0. The Morgan fingerprint density at radius 1 is 0.917 bits per heavy atom. The van der Waals surface area contributed by atoms with E-state index in [2.05, 4.69) is 30.6 Å². The largest absolute Gasteiger partial charge is 0.330 e. The first-order valence-electron chi connectivity index (χ1n) is 12.0. The van der Waals surface area contributed by atoms with E-state index in [4.69, 9.17) is 0 Å². The van der Waals surface area contributed by atoms with Crippen LogP contribution >= 0.6 is 0 Å². The van der Waals surface area contributed by atoms with Crippen LogP contribution in [0.2, 0.25) is 0 Å². The van der Waals surface area contributed by atoms with Crippen molar-refractivity contribution in [2.45, 2.75) is 46.7 Å². The van der Waals surface area contributed by atoms with E-state index in [9.17, 15) is 9.59 Å². The Kier molecular flexibility index (Phi) is 6.09. The molecule has 0 amide bonds. The summed E-state index contributed by atoms with van der Waals surface area (Å²) in [4.78, 5) is 33.4. The van der Waals surface area contributed by atoms with Crippen molar-refractivity contribution in [1.82, 2.24) is 39.7 Å². The molecule has 0 aliphatic rings. The van der Waals surface area contributed by atoms with Gasteiger partial charge in [0.1, 0.15) is 5.82 Å². The lowest BCUT2D eigenvalue weighted by atomic mass is 9.98. The first-order valence-corrected chi connectivity index (χ1v) is 12.0. The second kappa shape index (κ2) is 9.37. The SMILES string of the molecule is CC(C)Cn1c(=O)[nH]c2nc(C(C)C)n(Cc3ccc(-c4ccccc4-c4nn[nH]n4)cc3)c2c1=O. The van der Waals surface area contributed by atoms with Crippen molar-refractivity contribution in [2.75, 3.05) is 0 Å². The molecule has 0 bridgehead atoms. The van der Waals surface area contributed by atoms with Crippen LogP contribution in [-0.4, -0.2) is 39.7 Å². The van der Waals surface area contributed by atoms with Crippen LogP contribution in [0.15, 0.2) is 58.1 Å². The molecule has 0 unspecified atom stereocenters. The average Bonchev–Trinajstić information content (AvgIpc) is 3.51. The molecule has 36 heavy (non-hydrogen) atoms. The minimum absolute atomic E-state index is 0.0694. The molecule has 0 fully saturated rings. The monoisotopic (exact) mass is 484 g/mol. The van der Waals surface area contributed by atoms with E-state index in [0.717, 1.165) is 28.1 Å². The molecular weight excluding hydrogens is 456 g/mol. The summed E-state index contributed by atoms with van der Waals surface area (Å²) in [5, 5.41) is 14.4. The normalized spacial score (nSPS) is 11.7. The highest BCUT2D eigenvalue weighted by Crippen LogP contribution is 2.30. The van der Waals surface area contributed by atoms with E-state index in [1.54, 1.807) is 0 Å². The molecule has 10 nitrogen and oxygen atoms in total. The van der Waals surface area contributed by atoms with E-state index in [1.165, 1.54) is 4.57 Å². The maximum atomic E-state index is 13.4. The number of tetrazole rings is 1. The Hall–Kier alpha value is -4.34. The fraction of sp³-hybridized carbons (Fsp3) is 0.308. The molecule has 10 heteroatoms.